The smallest absolute Gasteiger partial charge is 0.388 e. The van der Waals surface area contributed by atoms with E-state index in [2.05, 4.69) is 9.98 Å². The minimum Gasteiger partial charge on any atom is -0.388 e. The molecule has 8 heteroatoms. The summed E-state index contributed by atoms with van der Waals surface area (Å²) in [5, 5.41) is 3.45. The number of hydroxylamine groups is 2. The summed E-state index contributed by atoms with van der Waals surface area (Å²) in [6.45, 7) is 0.965. The minimum atomic E-state index is -4.36. The summed E-state index contributed by atoms with van der Waals surface area (Å²) in [6, 6.07) is 10.9. The summed E-state index contributed by atoms with van der Waals surface area (Å²) >= 11 is 6.07. The SMILES string of the molecule is FC(F)(F)c1cccc(CC2=NCN(CCc3c[nH]c4ccc(Cl)cc34)O2)c1. The van der Waals surface area contributed by atoms with Crippen molar-refractivity contribution in [3.05, 3.63) is 70.4 Å². The van der Waals surface area contributed by atoms with E-state index in [1.165, 1.54) is 6.07 Å². The molecule has 0 bridgehead atoms. The van der Waals surface area contributed by atoms with Crippen LogP contribution < -0.4 is 0 Å². The molecule has 2 heterocycles. The molecule has 0 fully saturated rings. The van der Waals surface area contributed by atoms with Crippen LogP contribution in [0.3, 0.4) is 0 Å². The maximum absolute atomic E-state index is 12.8. The molecule has 0 saturated heterocycles. The van der Waals surface area contributed by atoms with Crippen molar-refractivity contribution in [3.63, 3.8) is 0 Å². The zero-order chi connectivity index (χ0) is 19.7. The molecule has 1 aromatic heterocycles. The molecule has 0 atom stereocenters. The van der Waals surface area contributed by atoms with E-state index in [1.54, 1.807) is 11.1 Å². The first-order valence-electron chi connectivity index (χ1n) is 8.76. The lowest BCUT2D eigenvalue weighted by Gasteiger charge is -2.14. The van der Waals surface area contributed by atoms with E-state index in [0.29, 0.717) is 29.7 Å². The third kappa shape index (κ3) is 4.15. The molecule has 0 unspecified atom stereocenters. The van der Waals surface area contributed by atoms with Crippen LogP contribution >= 0.6 is 11.6 Å². The van der Waals surface area contributed by atoms with Crippen LogP contribution in [-0.4, -0.2) is 29.2 Å². The number of H-pyrrole nitrogens is 1. The predicted octanol–water partition coefficient (Wildman–Crippen LogP) is 5.23. The third-order valence-electron chi connectivity index (χ3n) is 4.61. The molecule has 3 aromatic rings. The van der Waals surface area contributed by atoms with Crippen molar-refractivity contribution in [1.82, 2.24) is 10.0 Å². The summed E-state index contributed by atoms with van der Waals surface area (Å²) in [4.78, 5) is 13.2. The van der Waals surface area contributed by atoms with Crippen LogP contribution in [0.15, 0.2) is 53.7 Å². The number of nitrogens with one attached hydrogen (secondary N) is 1. The second kappa shape index (κ2) is 7.48. The fourth-order valence-corrected chi connectivity index (χ4v) is 3.38. The summed E-state index contributed by atoms with van der Waals surface area (Å²) in [7, 11) is 0. The van der Waals surface area contributed by atoms with Crippen molar-refractivity contribution in [1.29, 1.82) is 0 Å². The van der Waals surface area contributed by atoms with E-state index < -0.39 is 11.7 Å². The van der Waals surface area contributed by atoms with Gasteiger partial charge < -0.3 is 9.82 Å². The Morgan fingerprint density at radius 2 is 2.04 bits per heavy atom. The predicted molar refractivity (Wildman–Crippen MR) is 102 cm³/mol. The van der Waals surface area contributed by atoms with Gasteiger partial charge in [-0.05, 0) is 41.8 Å². The monoisotopic (exact) mass is 407 g/mol. The highest BCUT2D eigenvalue weighted by molar-refractivity contribution is 6.31. The first kappa shape index (κ1) is 18.8. The summed E-state index contributed by atoms with van der Waals surface area (Å²) in [5.41, 5.74) is 1.98. The van der Waals surface area contributed by atoms with Gasteiger partial charge in [-0.1, -0.05) is 29.8 Å². The zero-order valence-electron chi connectivity index (χ0n) is 14.8. The summed E-state index contributed by atoms with van der Waals surface area (Å²) in [5.74, 6) is 0.418. The van der Waals surface area contributed by atoms with Gasteiger partial charge in [0.25, 0.3) is 0 Å². The molecule has 146 valence electrons. The van der Waals surface area contributed by atoms with Crippen molar-refractivity contribution >= 4 is 28.4 Å². The lowest BCUT2D eigenvalue weighted by atomic mass is 10.1. The third-order valence-corrected chi connectivity index (χ3v) is 4.84. The van der Waals surface area contributed by atoms with Gasteiger partial charge in [0, 0.05) is 28.7 Å². The van der Waals surface area contributed by atoms with E-state index in [0.717, 1.165) is 35.0 Å². The number of benzene rings is 2. The highest BCUT2D eigenvalue weighted by Gasteiger charge is 2.30. The van der Waals surface area contributed by atoms with Crippen molar-refractivity contribution in [3.8, 4) is 0 Å². The minimum absolute atomic E-state index is 0.225. The second-order valence-electron chi connectivity index (χ2n) is 6.62. The maximum Gasteiger partial charge on any atom is 0.416 e. The largest absolute Gasteiger partial charge is 0.416 e. The van der Waals surface area contributed by atoms with Gasteiger partial charge in [0.15, 0.2) is 0 Å². The van der Waals surface area contributed by atoms with Gasteiger partial charge in [0.05, 0.1) is 12.0 Å². The van der Waals surface area contributed by atoms with Crippen LogP contribution in [0, 0.1) is 0 Å². The van der Waals surface area contributed by atoms with E-state index in [1.807, 2.05) is 24.4 Å². The van der Waals surface area contributed by atoms with Crippen LogP contribution in [0.1, 0.15) is 16.7 Å². The molecule has 4 rings (SSSR count). The zero-order valence-corrected chi connectivity index (χ0v) is 15.5. The van der Waals surface area contributed by atoms with Gasteiger partial charge in [-0.25, -0.2) is 4.99 Å². The molecule has 28 heavy (non-hydrogen) atoms. The first-order chi connectivity index (χ1) is 13.4. The Labute approximate surface area is 164 Å². The summed E-state index contributed by atoms with van der Waals surface area (Å²) in [6.07, 6.45) is -1.46. The highest BCUT2D eigenvalue weighted by Crippen LogP contribution is 2.30. The lowest BCUT2D eigenvalue weighted by molar-refractivity contribution is -0.137. The number of alkyl halides is 3. The fourth-order valence-electron chi connectivity index (χ4n) is 3.20. The second-order valence-corrected chi connectivity index (χ2v) is 7.06. The van der Waals surface area contributed by atoms with Crippen LogP contribution in [-0.2, 0) is 23.9 Å². The molecular formula is C20H17ClF3N3O. The fraction of sp³-hybridized carbons (Fsp3) is 0.250. The Morgan fingerprint density at radius 1 is 1.18 bits per heavy atom. The van der Waals surface area contributed by atoms with Gasteiger partial charge in [0.2, 0.25) is 5.90 Å². The van der Waals surface area contributed by atoms with Crippen molar-refractivity contribution in [2.45, 2.75) is 19.0 Å². The van der Waals surface area contributed by atoms with Crippen molar-refractivity contribution in [2.24, 2.45) is 4.99 Å². The molecular weight excluding hydrogens is 391 g/mol. The molecule has 0 saturated carbocycles. The van der Waals surface area contributed by atoms with Crippen LogP contribution in [0.2, 0.25) is 5.02 Å². The molecule has 1 aliphatic rings. The number of hydrogen-bond donors (Lipinski definition) is 1. The number of aromatic nitrogens is 1. The number of nitrogens with zero attached hydrogens (tertiary/aromatic N) is 2. The number of hydrogen-bond acceptors (Lipinski definition) is 3. The lowest BCUT2D eigenvalue weighted by Crippen LogP contribution is -2.24. The molecule has 0 radical (unpaired) electrons. The van der Waals surface area contributed by atoms with Gasteiger partial charge in [-0.3, -0.25) is 0 Å². The average Bonchev–Trinajstić information content (AvgIpc) is 3.26. The molecule has 4 nitrogen and oxygen atoms in total. The topological polar surface area (TPSA) is 40.6 Å². The van der Waals surface area contributed by atoms with E-state index in [4.69, 9.17) is 16.4 Å². The Morgan fingerprint density at radius 3 is 2.86 bits per heavy atom. The van der Waals surface area contributed by atoms with Crippen LogP contribution in [0.5, 0.6) is 0 Å². The van der Waals surface area contributed by atoms with Crippen LogP contribution in [0.25, 0.3) is 10.9 Å². The highest BCUT2D eigenvalue weighted by atomic mass is 35.5. The Bertz CT molecular complexity index is 1030. The van der Waals surface area contributed by atoms with Crippen molar-refractivity contribution in [2.75, 3.05) is 13.2 Å². The van der Waals surface area contributed by atoms with E-state index >= 15 is 0 Å². The first-order valence-corrected chi connectivity index (χ1v) is 9.14. The number of aliphatic imine (C=N–C) groups is 1. The number of fused-ring (bicyclic) bond motifs is 1. The van der Waals surface area contributed by atoms with Gasteiger partial charge in [0.1, 0.15) is 6.67 Å². The normalized spacial score (nSPS) is 15.1. The van der Waals surface area contributed by atoms with E-state index in [9.17, 15) is 13.2 Å². The van der Waals surface area contributed by atoms with Gasteiger partial charge >= 0.3 is 6.18 Å². The van der Waals surface area contributed by atoms with Gasteiger partial charge in [-0.15, -0.1) is 5.06 Å². The number of rotatable bonds is 5. The van der Waals surface area contributed by atoms with Crippen LogP contribution in [0.4, 0.5) is 13.2 Å². The van der Waals surface area contributed by atoms with E-state index in [-0.39, 0.29) is 6.42 Å². The summed E-state index contributed by atoms with van der Waals surface area (Å²) < 4.78 is 38.5. The number of aromatic amines is 1. The van der Waals surface area contributed by atoms with Gasteiger partial charge in [-0.2, -0.15) is 13.2 Å². The molecule has 1 aliphatic heterocycles. The molecule has 2 aromatic carbocycles. The average molecular weight is 408 g/mol. The molecule has 0 amide bonds. The quantitative estimate of drug-likeness (QED) is 0.629. The molecule has 0 spiro atoms. The maximum atomic E-state index is 12.8. The Kier molecular flexibility index (Phi) is 5.03. The molecule has 1 N–H and O–H groups in total. The Hall–Kier alpha value is -2.51. The Balaban J connectivity index is 1.35. The van der Waals surface area contributed by atoms with Crippen molar-refractivity contribution < 1.29 is 18.0 Å². The standard InChI is InChI=1S/C20H17ClF3N3O/c21-16-4-5-18-17(10-16)14(11-25-18)6-7-27-12-26-19(28-27)9-13-2-1-3-15(8-13)20(22,23)24/h1-5,8,10-11,25H,6-7,9,12H2. The molecule has 0 aliphatic carbocycles. The number of halogens is 4.